The molecule has 206 valence electrons. The van der Waals surface area contributed by atoms with E-state index in [1.807, 2.05) is 12.1 Å². The minimum atomic E-state index is -1.74. The Morgan fingerprint density at radius 1 is 1.07 bits per heavy atom. The van der Waals surface area contributed by atoms with Gasteiger partial charge in [0.1, 0.15) is 11.6 Å². The molecule has 0 saturated heterocycles. The summed E-state index contributed by atoms with van der Waals surface area (Å²) >= 11 is 6.85. The van der Waals surface area contributed by atoms with Gasteiger partial charge in [-0.1, -0.05) is 42.8 Å². The van der Waals surface area contributed by atoms with Gasteiger partial charge in [-0.25, -0.2) is 17.9 Å². The van der Waals surface area contributed by atoms with E-state index in [2.05, 4.69) is 48.3 Å². The highest BCUT2D eigenvalue weighted by Gasteiger charge is 2.55. The summed E-state index contributed by atoms with van der Waals surface area (Å²) in [5.41, 5.74) is 5.30. The van der Waals surface area contributed by atoms with Crippen LogP contribution in [0.2, 0.25) is 5.02 Å². The highest BCUT2D eigenvalue weighted by molar-refractivity contribution is 6.32. The summed E-state index contributed by atoms with van der Waals surface area (Å²) in [5.74, 6) is -1.16. The van der Waals surface area contributed by atoms with Gasteiger partial charge in [-0.2, -0.15) is 5.10 Å². The van der Waals surface area contributed by atoms with Crippen LogP contribution in [0.15, 0.2) is 48.7 Å². The van der Waals surface area contributed by atoms with Crippen molar-refractivity contribution in [2.75, 3.05) is 0 Å². The highest BCUT2D eigenvalue weighted by atomic mass is 35.5. The maximum Gasteiger partial charge on any atom is 0.166 e. The molecule has 2 aromatic heterocycles. The first-order valence-electron chi connectivity index (χ1n) is 13.6. The number of hydrogen-bond acceptors (Lipinski definition) is 2. The Balaban J connectivity index is 1.49. The standard InChI is InChI=1S/C32H30ClF3N4/c1-6-17-8-7-9-20-22-13-31(4,36)28-25(23(33)14-37-28)32(22,5)29-21-16-39(15-18-10-11-19(34)12-24(18)35)30(2,3)27(21)38-40(29)26(17)20/h7-14,37H,6,15-16H2,1-5H3. The molecule has 2 unspecified atom stereocenters. The lowest BCUT2D eigenvalue weighted by Crippen LogP contribution is -2.41. The van der Waals surface area contributed by atoms with Crippen LogP contribution >= 0.6 is 11.6 Å². The number of fused-ring (bicyclic) bond motifs is 10. The Kier molecular flexibility index (Phi) is 5.22. The molecule has 3 aliphatic rings. The van der Waals surface area contributed by atoms with Crippen molar-refractivity contribution in [3.63, 3.8) is 0 Å². The third-order valence-electron chi connectivity index (χ3n) is 9.33. The van der Waals surface area contributed by atoms with Gasteiger partial charge in [0.15, 0.2) is 5.67 Å². The second-order valence-corrected chi connectivity index (χ2v) is 12.5. The summed E-state index contributed by atoms with van der Waals surface area (Å²) < 4.78 is 46.7. The number of H-pyrrole nitrogens is 1. The van der Waals surface area contributed by atoms with Crippen molar-refractivity contribution >= 4 is 17.2 Å². The summed E-state index contributed by atoms with van der Waals surface area (Å²) in [6.07, 6.45) is 4.19. The number of benzene rings is 2. The molecular formula is C32H30ClF3N4. The molecule has 2 atom stereocenters. The zero-order valence-corrected chi connectivity index (χ0v) is 23.8. The molecule has 0 saturated carbocycles. The van der Waals surface area contributed by atoms with E-state index in [1.165, 1.54) is 12.1 Å². The van der Waals surface area contributed by atoms with Crippen molar-refractivity contribution in [1.82, 2.24) is 19.7 Å². The third-order valence-corrected chi connectivity index (χ3v) is 9.63. The molecule has 8 heteroatoms. The van der Waals surface area contributed by atoms with Crippen LogP contribution in [0.1, 0.15) is 79.5 Å². The second-order valence-electron chi connectivity index (χ2n) is 12.1. The van der Waals surface area contributed by atoms with Crippen LogP contribution in [0, 0.1) is 11.6 Å². The summed E-state index contributed by atoms with van der Waals surface area (Å²) in [6.45, 7) is 10.7. The minimum absolute atomic E-state index is 0.295. The van der Waals surface area contributed by atoms with E-state index < -0.39 is 28.3 Å². The van der Waals surface area contributed by atoms with Gasteiger partial charge in [0.2, 0.25) is 0 Å². The SMILES string of the molecule is CCc1cccc2c1-n1nc3c(c1C1(C)C2=CC(C)(F)c2[nH]cc(Cl)c21)CN(Cc1ccc(F)cc1F)C3(C)C. The largest absolute Gasteiger partial charge is 0.360 e. The Bertz CT molecular complexity index is 1760. The molecule has 1 N–H and O–H groups in total. The van der Waals surface area contributed by atoms with Crippen molar-refractivity contribution in [3.05, 3.63) is 110 Å². The molecule has 0 radical (unpaired) electrons. The molecule has 0 fully saturated rings. The Hall–Kier alpha value is -3.29. The number of halogens is 4. The molecule has 0 amide bonds. The fourth-order valence-electron chi connectivity index (χ4n) is 7.25. The van der Waals surface area contributed by atoms with E-state index >= 15 is 4.39 Å². The second kappa shape index (κ2) is 8.14. The average molecular weight is 563 g/mol. The van der Waals surface area contributed by atoms with E-state index in [4.69, 9.17) is 16.7 Å². The number of para-hydroxylation sites is 1. The van der Waals surface area contributed by atoms with Crippen molar-refractivity contribution in [2.45, 2.75) is 70.8 Å². The topological polar surface area (TPSA) is 36.9 Å². The lowest BCUT2D eigenvalue weighted by Gasteiger charge is -2.44. The molecule has 1 aliphatic carbocycles. The van der Waals surface area contributed by atoms with Gasteiger partial charge in [0, 0.05) is 47.6 Å². The number of aromatic nitrogens is 3. The van der Waals surface area contributed by atoms with Crippen LogP contribution in [-0.2, 0) is 36.1 Å². The molecule has 7 rings (SSSR count). The smallest absolute Gasteiger partial charge is 0.166 e. The first-order valence-corrected chi connectivity index (χ1v) is 14.0. The first kappa shape index (κ1) is 25.7. The molecule has 4 aromatic rings. The van der Waals surface area contributed by atoms with Crippen LogP contribution in [0.5, 0.6) is 0 Å². The number of alkyl halides is 1. The van der Waals surface area contributed by atoms with Crippen molar-refractivity contribution in [2.24, 2.45) is 0 Å². The van der Waals surface area contributed by atoms with Crippen LogP contribution in [-0.4, -0.2) is 19.7 Å². The maximum absolute atomic E-state index is 16.3. The number of nitrogens with zero attached hydrogens (tertiary/aromatic N) is 3. The summed E-state index contributed by atoms with van der Waals surface area (Å²) in [4.78, 5) is 5.28. The minimum Gasteiger partial charge on any atom is -0.360 e. The lowest BCUT2D eigenvalue weighted by atomic mass is 9.62. The zero-order chi connectivity index (χ0) is 28.4. The number of rotatable bonds is 3. The normalized spacial score (nSPS) is 24.2. The number of aryl methyl sites for hydroxylation is 1. The van der Waals surface area contributed by atoms with E-state index in [9.17, 15) is 8.78 Å². The number of aromatic amines is 1. The number of nitrogens with one attached hydrogen (secondary N) is 1. The fourth-order valence-corrected chi connectivity index (χ4v) is 7.59. The van der Waals surface area contributed by atoms with Crippen molar-refractivity contribution in [1.29, 1.82) is 0 Å². The summed E-state index contributed by atoms with van der Waals surface area (Å²) in [7, 11) is 0. The van der Waals surface area contributed by atoms with Crippen LogP contribution in [0.4, 0.5) is 13.2 Å². The molecule has 4 heterocycles. The molecule has 40 heavy (non-hydrogen) atoms. The van der Waals surface area contributed by atoms with Crippen LogP contribution < -0.4 is 0 Å². The van der Waals surface area contributed by atoms with Gasteiger partial charge in [0.25, 0.3) is 0 Å². The highest BCUT2D eigenvalue weighted by Crippen LogP contribution is 2.60. The third kappa shape index (κ3) is 3.16. The molecule has 2 aromatic carbocycles. The van der Waals surface area contributed by atoms with Crippen molar-refractivity contribution in [3.8, 4) is 5.69 Å². The van der Waals surface area contributed by atoms with Gasteiger partial charge in [-0.05, 0) is 57.4 Å². The fraction of sp³-hybridized carbons (Fsp3) is 0.344. The van der Waals surface area contributed by atoms with E-state index in [0.717, 1.165) is 51.8 Å². The quantitative estimate of drug-likeness (QED) is 0.276. The van der Waals surface area contributed by atoms with Crippen LogP contribution in [0.25, 0.3) is 11.3 Å². The molecule has 0 spiro atoms. The van der Waals surface area contributed by atoms with Crippen LogP contribution in [0.3, 0.4) is 0 Å². The van der Waals surface area contributed by atoms with Gasteiger partial charge in [-0.3, -0.25) is 4.90 Å². The zero-order valence-electron chi connectivity index (χ0n) is 23.1. The van der Waals surface area contributed by atoms with E-state index in [1.54, 1.807) is 19.2 Å². The summed E-state index contributed by atoms with van der Waals surface area (Å²) in [6, 6.07) is 9.88. The lowest BCUT2D eigenvalue weighted by molar-refractivity contribution is 0.120. The monoisotopic (exact) mass is 562 g/mol. The van der Waals surface area contributed by atoms with Gasteiger partial charge in [-0.15, -0.1) is 0 Å². The van der Waals surface area contributed by atoms with Crippen molar-refractivity contribution < 1.29 is 13.2 Å². The first-order chi connectivity index (χ1) is 18.9. The average Bonchev–Trinajstić information content (AvgIpc) is 3.55. The Morgan fingerprint density at radius 3 is 2.58 bits per heavy atom. The number of allylic oxidation sites excluding steroid dienone is 2. The van der Waals surface area contributed by atoms with Gasteiger partial charge >= 0.3 is 0 Å². The predicted octanol–water partition coefficient (Wildman–Crippen LogP) is 7.85. The van der Waals surface area contributed by atoms with Gasteiger partial charge in [0.05, 0.1) is 38.7 Å². The Labute approximate surface area is 236 Å². The number of hydrogen-bond donors (Lipinski definition) is 1. The molecule has 0 bridgehead atoms. The molecule has 2 aliphatic heterocycles. The maximum atomic E-state index is 16.3. The summed E-state index contributed by atoms with van der Waals surface area (Å²) in [5, 5.41) is 5.75. The Morgan fingerprint density at radius 2 is 1.85 bits per heavy atom. The molecule has 4 nitrogen and oxygen atoms in total. The van der Waals surface area contributed by atoms with E-state index in [-0.39, 0.29) is 0 Å². The van der Waals surface area contributed by atoms with Gasteiger partial charge < -0.3 is 4.98 Å². The molecular weight excluding hydrogens is 533 g/mol. The predicted molar refractivity (Wildman–Crippen MR) is 150 cm³/mol. The van der Waals surface area contributed by atoms with E-state index in [0.29, 0.717) is 34.9 Å².